The van der Waals surface area contributed by atoms with E-state index in [1.165, 1.54) is 12.1 Å². The van der Waals surface area contributed by atoms with E-state index in [1.807, 2.05) is 0 Å². The van der Waals surface area contributed by atoms with Gasteiger partial charge in [0, 0.05) is 17.7 Å². The molecule has 1 fully saturated rings. The third kappa shape index (κ3) is 2.37. The largest absolute Gasteiger partial charge is 0.359 e. The van der Waals surface area contributed by atoms with Gasteiger partial charge in [-0.25, -0.2) is 0 Å². The first-order valence-corrected chi connectivity index (χ1v) is 5.87. The Balaban J connectivity index is 1.80. The van der Waals surface area contributed by atoms with Crippen LogP contribution in [0.4, 0.5) is 0 Å². The van der Waals surface area contributed by atoms with E-state index in [4.69, 9.17) is 12.2 Å². The van der Waals surface area contributed by atoms with E-state index < -0.39 is 0 Å². The highest BCUT2D eigenvalue weighted by molar-refractivity contribution is 7.80. The highest BCUT2D eigenvalue weighted by Crippen LogP contribution is 2.39. The van der Waals surface area contributed by atoms with E-state index >= 15 is 0 Å². The normalized spacial score (nSPS) is 30.2. The van der Waals surface area contributed by atoms with Crippen molar-refractivity contribution in [3.05, 3.63) is 12.2 Å². The van der Waals surface area contributed by atoms with Gasteiger partial charge in [0.2, 0.25) is 0 Å². The summed E-state index contributed by atoms with van der Waals surface area (Å²) in [5.74, 6) is 1.40. The Morgan fingerprint density at radius 3 is 3.07 bits per heavy atom. The summed E-state index contributed by atoms with van der Waals surface area (Å²) in [6, 6.07) is 0.353. The molecule has 0 aromatic heterocycles. The molecule has 0 aliphatic heterocycles. The smallest absolute Gasteiger partial charge is 0.187 e. The summed E-state index contributed by atoms with van der Waals surface area (Å²) in [5.41, 5.74) is 4.14. The third-order valence-electron chi connectivity index (χ3n) is 2.87. The zero-order valence-electron chi connectivity index (χ0n) is 9.16. The van der Waals surface area contributed by atoms with Crippen molar-refractivity contribution in [3.8, 4) is 0 Å². The molecule has 2 N–H and O–H groups in total. The predicted molar refractivity (Wildman–Crippen MR) is 66.8 cm³/mol. The Morgan fingerprint density at radius 1 is 1.60 bits per heavy atom. The molecule has 1 saturated carbocycles. The quantitative estimate of drug-likeness (QED) is 0.426. The Labute approximate surface area is 96.0 Å². The average molecular weight is 223 g/mol. The number of allylic oxidation sites excluding steroid dienone is 2. The average Bonchev–Trinajstić information content (AvgIpc) is 2.46. The fourth-order valence-electron chi connectivity index (χ4n) is 2.08. The molecule has 0 saturated heterocycles. The highest BCUT2D eigenvalue weighted by atomic mass is 32.1. The van der Waals surface area contributed by atoms with Gasteiger partial charge in [0.05, 0.1) is 0 Å². The topological polar surface area (TPSA) is 36.4 Å². The second kappa shape index (κ2) is 4.31. The molecule has 0 amide bonds. The van der Waals surface area contributed by atoms with Crippen molar-refractivity contribution in [1.29, 1.82) is 0 Å². The van der Waals surface area contributed by atoms with Crippen LogP contribution in [-0.2, 0) is 0 Å². The van der Waals surface area contributed by atoms with Crippen LogP contribution in [-0.4, -0.2) is 16.9 Å². The molecule has 2 unspecified atom stereocenters. The molecule has 2 aliphatic rings. The Bertz CT molecular complexity index is 320. The lowest BCUT2D eigenvalue weighted by Gasteiger charge is -2.31. The van der Waals surface area contributed by atoms with Crippen molar-refractivity contribution in [3.63, 3.8) is 0 Å². The minimum Gasteiger partial charge on any atom is -0.359 e. The second-order valence-corrected chi connectivity index (χ2v) is 4.91. The molecular formula is C11H17N3S. The van der Waals surface area contributed by atoms with Crippen molar-refractivity contribution >= 4 is 23.0 Å². The number of fused-ring (bicyclic) bond motifs is 1. The molecule has 0 aromatic rings. The van der Waals surface area contributed by atoms with Crippen LogP contribution < -0.4 is 10.7 Å². The summed E-state index contributed by atoms with van der Waals surface area (Å²) < 4.78 is 0. The molecule has 0 bridgehead atoms. The SMILES string of the molecule is CC(C)NC(=S)N/N=C1\CC2CC=CC12. The zero-order valence-corrected chi connectivity index (χ0v) is 9.97. The van der Waals surface area contributed by atoms with Gasteiger partial charge in [-0.1, -0.05) is 12.2 Å². The van der Waals surface area contributed by atoms with Crippen LogP contribution in [0.2, 0.25) is 0 Å². The molecule has 0 radical (unpaired) electrons. The van der Waals surface area contributed by atoms with Gasteiger partial charge in [0.1, 0.15) is 0 Å². The molecule has 82 valence electrons. The summed E-state index contributed by atoms with van der Waals surface area (Å²) in [4.78, 5) is 0. The number of rotatable bonds is 2. The van der Waals surface area contributed by atoms with Crippen LogP contribution in [0, 0.1) is 11.8 Å². The van der Waals surface area contributed by atoms with Crippen molar-refractivity contribution in [1.82, 2.24) is 10.7 Å². The highest BCUT2D eigenvalue weighted by Gasteiger charge is 2.37. The molecule has 2 atom stereocenters. The summed E-state index contributed by atoms with van der Waals surface area (Å²) in [6.07, 6.45) is 6.85. The van der Waals surface area contributed by atoms with E-state index in [0.717, 1.165) is 12.3 Å². The van der Waals surface area contributed by atoms with Gasteiger partial charge in [-0.05, 0) is 44.8 Å². The maximum atomic E-state index is 5.09. The van der Waals surface area contributed by atoms with Gasteiger partial charge >= 0.3 is 0 Å². The Hall–Kier alpha value is -0.900. The van der Waals surface area contributed by atoms with Crippen molar-refractivity contribution in [2.45, 2.75) is 32.7 Å². The summed E-state index contributed by atoms with van der Waals surface area (Å²) in [5, 5.41) is 8.05. The van der Waals surface area contributed by atoms with Crippen LogP contribution in [0.1, 0.15) is 26.7 Å². The summed E-state index contributed by atoms with van der Waals surface area (Å²) >= 11 is 5.09. The number of thiocarbonyl (C=S) groups is 1. The molecule has 3 nitrogen and oxygen atoms in total. The lowest BCUT2D eigenvalue weighted by Crippen LogP contribution is -2.40. The first-order chi connectivity index (χ1) is 7.16. The lowest BCUT2D eigenvalue weighted by molar-refractivity contribution is 0.444. The van der Waals surface area contributed by atoms with Crippen LogP contribution >= 0.6 is 12.2 Å². The second-order valence-electron chi connectivity index (χ2n) is 4.50. The van der Waals surface area contributed by atoms with E-state index in [-0.39, 0.29) is 0 Å². The monoisotopic (exact) mass is 223 g/mol. The number of nitrogens with one attached hydrogen (secondary N) is 2. The summed E-state index contributed by atoms with van der Waals surface area (Å²) in [7, 11) is 0. The first-order valence-electron chi connectivity index (χ1n) is 5.46. The minimum atomic E-state index is 0.353. The fraction of sp³-hybridized carbons (Fsp3) is 0.636. The van der Waals surface area contributed by atoms with Gasteiger partial charge in [0.15, 0.2) is 5.11 Å². The number of hydrogen-bond acceptors (Lipinski definition) is 2. The maximum absolute atomic E-state index is 5.09. The van der Waals surface area contributed by atoms with Crippen molar-refractivity contribution < 1.29 is 0 Å². The van der Waals surface area contributed by atoms with Crippen LogP contribution in [0.25, 0.3) is 0 Å². The van der Waals surface area contributed by atoms with Gasteiger partial charge in [-0.3, -0.25) is 5.43 Å². The third-order valence-corrected chi connectivity index (χ3v) is 3.08. The molecule has 2 rings (SSSR count). The lowest BCUT2D eigenvalue weighted by atomic mass is 9.74. The minimum absolute atomic E-state index is 0.353. The van der Waals surface area contributed by atoms with E-state index in [9.17, 15) is 0 Å². The number of nitrogens with zero attached hydrogens (tertiary/aromatic N) is 1. The molecule has 0 heterocycles. The Morgan fingerprint density at radius 2 is 2.40 bits per heavy atom. The standard InChI is InChI=1S/C11H17N3S/c1-7(2)12-11(15)14-13-10-6-8-4-3-5-9(8)10/h3,5,7-9H,4,6H2,1-2H3,(H2,12,14,15)/b13-10+. The predicted octanol–water partition coefficient (Wildman–Crippen LogP) is 1.81. The molecule has 15 heavy (non-hydrogen) atoms. The van der Waals surface area contributed by atoms with Gasteiger partial charge in [-0.2, -0.15) is 5.10 Å². The molecule has 2 aliphatic carbocycles. The van der Waals surface area contributed by atoms with E-state index in [1.54, 1.807) is 0 Å². The van der Waals surface area contributed by atoms with E-state index in [0.29, 0.717) is 17.1 Å². The van der Waals surface area contributed by atoms with Gasteiger partial charge in [0.25, 0.3) is 0 Å². The molecular weight excluding hydrogens is 206 g/mol. The van der Waals surface area contributed by atoms with E-state index in [2.05, 4.69) is 41.8 Å². The molecule has 0 spiro atoms. The van der Waals surface area contributed by atoms with Crippen LogP contribution in [0.15, 0.2) is 17.3 Å². The fourth-order valence-corrected chi connectivity index (χ4v) is 2.36. The first kappa shape index (κ1) is 10.6. The van der Waals surface area contributed by atoms with Crippen LogP contribution in [0.3, 0.4) is 0 Å². The summed E-state index contributed by atoms with van der Waals surface area (Å²) in [6.45, 7) is 4.11. The van der Waals surface area contributed by atoms with Gasteiger partial charge in [-0.15, -0.1) is 0 Å². The molecule has 0 aromatic carbocycles. The van der Waals surface area contributed by atoms with Crippen LogP contribution in [0.5, 0.6) is 0 Å². The maximum Gasteiger partial charge on any atom is 0.187 e. The Kier molecular flexibility index (Phi) is 3.05. The molecule has 4 heteroatoms. The zero-order chi connectivity index (χ0) is 10.8. The van der Waals surface area contributed by atoms with Gasteiger partial charge < -0.3 is 5.32 Å². The van der Waals surface area contributed by atoms with Crippen molar-refractivity contribution in [2.75, 3.05) is 0 Å². The van der Waals surface area contributed by atoms with Crippen molar-refractivity contribution in [2.24, 2.45) is 16.9 Å². The number of hydrazone groups is 1. The number of hydrogen-bond donors (Lipinski definition) is 2.